The number of phenols is 1. The summed E-state index contributed by atoms with van der Waals surface area (Å²) < 4.78 is 0. The van der Waals surface area contributed by atoms with Crippen LogP contribution in [0.15, 0.2) is 36.6 Å². The van der Waals surface area contributed by atoms with Crippen molar-refractivity contribution < 1.29 is 10.2 Å². The van der Waals surface area contributed by atoms with E-state index < -0.39 is 0 Å². The van der Waals surface area contributed by atoms with Gasteiger partial charge in [0.25, 0.3) is 0 Å². The summed E-state index contributed by atoms with van der Waals surface area (Å²) >= 11 is 0. The Morgan fingerprint density at radius 2 is 2.18 bits per heavy atom. The zero-order chi connectivity index (χ0) is 8.10. The van der Waals surface area contributed by atoms with Crippen molar-refractivity contribution in [1.82, 2.24) is 0 Å². The minimum atomic E-state index is 0.258. The highest BCUT2D eigenvalue weighted by atomic mass is 16.3. The highest BCUT2D eigenvalue weighted by molar-refractivity contribution is 5.28. The summed E-state index contributed by atoms with van der Waals surface area (Å²) in [6, 6.07) is 6.95. The van der Waals surface area contributed by atoms with Crippen molar-refractivity contribution in [2.45, 2.75) is 6.42 Å². The van der Waals surface area contributed by atoms with Crippen molar-refractivity contribution in [1.29, 1.82) is 0 Å². The monoisotopic (exact) mass is 150 g/mol. The molecular weight excluding hydrogens is 140 g/mol. The summed E-state index contributed by atoms with van der Waals surface area (Å²) in [6.45, 7) is 0. The van der Waals surface area contributed by atoms with Gasteiger partial charge in [0.1, 0.15) is 5.75 Å². The van der Waals surface area contributed by atoms with Crippen molar-refractivity contribution in [3.8, 4) is 5.75 Å². The van der Waals surface area contributed by atoms with Gasteiger partial charge in [-0.2, -0.15) is 0 Å². The average Bonchev–Trinajstić information content (AvgIpc) is 2.01. The maximum Gasteiger partial charge on any atom is 0.115 e. The number of benzene rings is 1. The lowest BCUT2D eigenvalue weighted by molar-refractivity contribution is 0.470. The van der Waals surface area contributed by atoms with E-state index in [0.717, 1.165) is 11.8 Å². The second-order valence-corrected chi connectivity index (χ2v) is 2.26. The maximum atomic E-state index is 9.03. The third-order valence-electron chi connectivity index (χ3n) is 1.37. The maximum absolute atomic E-state index is 9.03. The molecule has 58 valence electrons. The molecule has 0 spiro atoms. The molecule has 0 aromatic heterocycles. The fraction of sp³-hybridized carbons (Fsp3) is 0.111. The predicted molar refractivity (Wildman–Crippen MR) is 43.6 cm³/mol. The van der Waals surface area contributed by atoms with Crippen molar-refractivity contribution >= 4 is 0 Å². The van der Waals surface area contributed by atoms with Crippen LogP contribution in [0, 0.1) is 0 Å². The van der Waals surface area contributed by atoms with Crippen LogP contribution in [-0.4, -0.2) is 10.2 Å². The number of hydrogen-bond donors (Lipinski definition) is 2. The van der Waals surface area contributed by atoms with Crippen LogP contribution in [-0.2, 0) is 6.42 Å². The number of aliphatic hydroxyl groups excluding tert-OH is 1. The molecule has 0 fully saturated rings. The Kier molecular flexibility index (Phi) is 2.55. The van der Waals surface area contributed by atoms with Gasteiger partial charge in [0.2, 0.25) is 0 Å². The largest absolute Gasteiger partial charge is 0.516 e. The van der Waals surface area contributed by atoms with Crippen molar-refractivity contribution in [3.63, 3.8) is 0 Å². The summed E-state index contributed by atoms with van der Waals surface area (Å²) in [5.74, 6) is 0.258. The lowest BCUT2D eigenvalue weighted by Gasteiger charge is -1.95. The average molecular weight is 150 g/mol. The minimum absolute atomic E-state index is 0.258. The Balaban J connectivity index is 2.71. The van der Waals surface area contributed by atoms with Crippen LogP contribution in [0.1, 0.15) is 5.56 Å². The number of rotatable bonds is 2. The molecule has 0 saturated heterocycles. The Labute approximate surface area is 65.4 Å². The van der Waals surface area contributed by atoms with Gasteiger partial charge in [-0.25, -0.2) is 0 Å². The zero-order valence-corrected chi connectivity index (χ0v) is 6.07. The number of hydrogen-bond acceptors (Lipinski definition) is 2. The van der Waals surface area contributed by atoms with Gasteiger partial charge in [0.05, 0.1) is 6.26 Å². The molecule has 2 heteroatoms. The Morgan fingerprint density at radius 1 is 1.36 bits per heavy atom. The summed E-state index contributed by atoms with van der Waals surface area (Å²) in [5, 5.41) is 17.4. The summed E-state index contributed by atoms with van der Waals surface area (Å²) in [6.07, 6.45) is 3.27. The first kappa shape index (κ1) is 7.66. The number of aliphatic hydroxyl groups is 1. The van der Waals surface area contributed by atoms with Crippen molar-refractivity contribution in [2.24, 2.45) is 0 Å². The quantitative estimate of drug-likeness (QED) is 0.633. The van der Waals surface area contributed by atoms with Crippen LogP contribution >= 0.6 is 0 Å². The molecule has 1 rings (SSSR count). The number of aromatic hydroxyl groups is 1. The normalized spacial score (nSPS) is 10.5. The molecule has 0 atom stereocenters. The van der Waals surface area contributed by atoms with Gasteiger partial charge in [-0.05, 0) is 30.2 Å². The van der Waals surface area contributed by atoms with Crippen molar-refractivity contribution in [3.05, 3.63) is 42.2 Å². The summed E-state index contributed by atoms with van der Waals surface area (Å²) in [5.41, 5.74) is 0.982. The molecule has 0 radical (unpaired) electrons. The van der Waals surface area contributed by atoms with E-state index in [9.17, 15) is 0 Å². The van der Waals surface area contributed by atoms with Gasteiger partial charge in [-0.15, -0.1) is 0 Å². The number of allylic oxidation sites excluding steroid dienone is 1. The van der Waals surface area contributed by atoms with Crippen LogP contribution < -0.4 is 0 Å². The Morgan fingerprint density at radius 3 is 2.82 bits per heavy atom. The van der Waals surface area contributed by atoms with E-state index in [1.165, 1.54) is 0 Å². The van der Waals surface area contributed by atoms with Crippen LogP contribution in [0.4, 0.5) is 0 Å². The smallest absolute Gasteiger partial charge is 0.115 e. The molecule has 0 aliphatic heterocycles. The van der Waals surface area contributed by atoms with Gasteiger partial charge < -0.3 is 10.2 Å². The molecule has 1 aromatic rings. The molecule has 0 unspecified atom stereocenters. The van der Waals surface area contributed by atoms with E-state index in [4.69, 9.17) is 10.2 Å². The molecule has 11 heavy (non-hydrogen) atoms. The van der Waals surface area contributed by atoms with Gasteiger partial charge in [0, 0.05) is 0 Å². The lowest BCUT2D eigenvalue weighted by Crippen LogP contribution is -1.78. The molecule has 1 aromatic carbocycles. The van der Waals surface area contributed by atoms with E-state index in [0.29, 0.717) is 6.42 Å². The van der Waals surface area contributed by atoms with E-state index >= 15 is 0 Å². The molecule has 0 amide bonds. The fourth-order valence-corrected chi connectivity index (χ4v) is 0.872. The first-order valence-corrected chi connectivity index (χ1v) is 3.40. The van der Waals surface area contributed by atoms with Gasteiger partial charge in [0.15, 0.2) is 0 Å². The van der Waals surface area contributed by atoms with E-state index in [2.05, 4.69) is 0 Å². The fourth-order valence-electron chi connectivity index (χ4n) is 0.872. The number of phenolic OH excluding ortho intramolecular Hbond substituents is 1. The van der Waals surface area contributed by atoms with Gasteiger partial charge in [-0.3, -0.25) is 0 Å². The lowest BCUT2D eigenvalue weighted by atomic mass is 10.1. The van der Waals surface area contributed by atoms with E-state index in [1.807, 2.05) is 6.07 Å². The van der Waals surface area contributed by atoms with E-state index in [1.54, 1.807) is 24.3 Å². The standard InChI is InChI=1S/C9H10O2/c10-6-2-4-8-3-1-5-9(11)7-8/h1-3,5-7,10-11H,4H2. The molecule has 0 bridgehead atoms. The molecule has 2 N–H and O–H groups in total. The summed E-state index contributed by atoms with van der Waals surface area (Å²) in [7, 11) is 0. The minimum Gasteiger partial charge on any atom is -0.516 e. The SMILES string of the molecule is OC=CCc1cccc(O)c1. The molecular formula is C9H10O2. The van der Waals surface area contributed by atoms with Crippen LogP contribution in [0.25, 0.3) is 0 Å². The highest BCUT2D eigenvalue weighted by Gasteiger charge is 1.90. The topological polar surface area (TPSA) is 40.5 Å². The first-order chi connectivity index (χ1) is 5.33. The first-order valence-electron chi connectivity index (χ1n) is 3.40. The van der Waals surface area contributed by atoms with Gasteiger partial charge >= 0.3 is 0 Å². The van der Waals surface area contributed by atoms with Crippen LogP contribution in [0.5, 0.6) is 5.75 Å². The molecule has 0 saturated carbocycles. The third-order valence-corrected chi connectivity index (χ3v) is 1.37. The molecule has 2 nitrogen and oxygen atoms in total. The van der Waals surface area contributed by atoms with Crippen LogP contribution in [0.3, 0.4) is 0 Å². The highest BCUT2D eigenvalue weighted by Crippen LogP contribution is 2.11. The van der Waals surface area contributed by atoms with Gasteiger partial charge in [-0.1, -0.05) is 12.1 Å². The predicted octanol–water partition coefficient (Wildman–Crippen LogP) is 2.01. The second kappa shape index (κ2) is 3.66. The summed E-state index contributed by atoms with van der Waals surface area (Å²) in [4.78, 5) is 0. The Hall–Kier alpha value is -1.44. The van der Waals surface area contributed by atoms with Crippen LogP contribution in [0.2, 0.25) is 0 Å². The second-order valence-electron chi connectivity index (χ2n) is 2.26. The van der Waals surface area contributed by atoms with E-state index in [-0.39, 0.29) is 5.75 Å². The molecule has 0 aliphatic rings. The zero-order valence-electron chi connectivity index (χ0n) is 6.07. The third kappa shape index (κ3) is 2.34. The molecule has 0 heterocycles. The molecule has 0 aliphatic carbocycles. The Bertz CT molecular complexity index is 253. The van der Waals surface area contributed by atoms with Crippen molar-refractivity contribution in [2.75, 3.05) is 0 Å².